The van der Waals surface area contributed by atoms with Crippen molar-refractivity contribution < 1.29 is 9.05 Å². The van der Waals surface area contributed by atoms with Gasteiger partial charge in [0.1, 0.15) is 11.5 Å². The van der Waals surface area contributed by atoms with E-state index in [0.717, 1.165) is 17.7 Å². The van der Waals surface area contributed by atoms with Gasteiger partial charge in [0.25, 0.3) is 8.38 Å². The molecule has 0 aliphatic carbocycles. The molecule has 2 nitrogen and oxygen atoms in total. The van der Waals surface area contributed by atoms with Crippen LogP contribution in [-0.4, -0.2) is 0 Å². The Bertz CT molecular complexity index is 676. The van der Waals surface area contributed by atoms with Gasteiger partial charge < -0.3 is 9.05 Å². The first-order valence-corrected chi connectivity index (χ1v) is 9.72. The van der Waals surface area contributed by atoms with E-state index in [1.54, 1.807) is 0 Å². The normalized spacial score (nSPS) is 10.5. The van der Waals surface area contributed by atoms with Crippen LogP contribution in [0.2, 0.25) is 0 Å². The van der Waals surface area contributed by atoms with Crippen LogP contribution in [0, 0.1) is 3.57 Å². The van der Waals surface area contributed by atoms with Crippen LogP contribution in [0.1, 0.15) is 5.56 Å². The molecule has 3 aromatic carbocycles. The highest BCUT2D eigenvalue weighted by Gasteiger charge is 2.16. The molecule has 0 radical (unpaired) electrons. The van der Waals surface area contributed by atoms with E-state index >= 15 is 0 Å². The van der Waals surface area contributed by atoms with E-state index in [0.29, 0.717) is 0 Å². The molecular formula is C19H16IO2P. The van der Waals surface area contributed by atoms with Gasteiger partial charge >= 0.3 is 0 Å². The summed E-state index contributed by atoms with van der Waals surface area (Å²) in [4.78, 5) is 0. The van der Waals surface area contributed by atoms with Gasteiger partial charge in [-0.15, -0.1) is 0 Å². The van der Waals surface area contributed by atoms with Crippen molar-refractivity contribution in [3.8, 4) is 11.5 Å². The molecule has 0 spiro atoms. The number of hydrogen-bond acceptors (Lipinski definition) is 2. The molecule has 116 valence electrons. The van der Waals surface area contributed by atoms with E-state index < -0.39 is 8.38 Å². The van der Waals surface area contributed by atoms with Gasteiger partial charge in [-0.1, -0.05) is 48.5 Å². The standard InChI is InChI=1S/C19H16IO2P/c20-17-13-11-16(12-14-17)15-23(21-18-7-3-1-4-8-18)22-19-9-5-2-6-10-19/h1-14H,15H2. The summed E-state index contributed by atoms with van der Waals surface area (Å²) in [6.45, 7) is 0. The van der Waals surface area contributed by atoms with E-state index in [-0.39, 0.29) is 0 Å². The fraction of sp³-hybridized carbons (Fsp3) is 0.0526. The molecule has 0 N–H and O–H groups in total. The highest BCUT2D eigenvalue weighted by molar-refractivity contribution is 14.1. The summed E-state index contributed by atoms with van der Waals surface area (Å²) in [5, 5.41) is 0. The molecule has 0 unspecified atom stereocenters. The summed E-state index contributed by atoms with van der Waals surface area (Å²) in [6, 6.07) is 28.1. The second-order valence-corrected chi connectivity index (χ2v) is 7.52. The molecule has 3 rings (SSSR count). The molecule has 0 aliphatic rings. The number of benzene rings is 3. The molecule has 23 heavy (non-hydrogen) atoms. The number of para-hydroxylation sites is 2. The quantitative estimate of drug-likeness (QED) is 0.337. The topological polar surface area (TPSA) is 18.5 Å². The highest BCUT2D eigenvalue weighted by Crippen LogP contribution is 2.43. The Hall–Kier alpha value is -1.58. The van der Waals surface area contributed by atoms with Crippen molar-refractivity contribution >= 4 is 31.0 Å². The lowest BCUT2D eigenvalue weighted by Gasteiger charge is -2.19. The monoisotopic (exact) mass is 434 g/mol. The lowest BCUT2D eigenvalue weighted by molar-refractivity contribution is 0.488. The van der Waals surface area contributed by atoms with Crippen molar-refractivity contribution in [3.63, 3.8) is 0 Å². The minimum Gasteiger partial charge on any atom is -0.438 e. The van der Waals surface area contributed by atoms with Crippen molar-refractivity contribution in [2.75, 3.05) is 0 Å². The van der Waals surface area contributed by atoms with Gasteiger partial charge in [-0.25, -0.2) is 0 Å². The second kappa shape index (κ2) is 8.32. The average Bonchev–Trinajstić information content (AvgIpc) is 2.59. The first-order valence-electron chi connectivity index (χ1n) is 7.27. The third-order valence-corrected chi connectivity index (χ3v) is 5.30. The fourth-order valence-electron chi connectivity index (χ4n) is 2.02. The zero-order valence-electron chi connectivity index (χ0n) is 12.4. The van der Waals surface area contributed by atoms with Crippen molar-refractivity contribution in [2.24, 2.45) is 0 Å². The first kappa shape index (κ1) is 16.3. The summed E-state index contributed by atoms with van der Waals surface area (Å²) in [5.74, 6) is 1.67. The molecule has 0 amide bonds. The van der Waals surface area contributed by atoms with Crippen LogP contribution in [0.25, 0.3) is 0 Å². The Morgan fingerprint density at radius 3 is 1.61 bits per heavy atom. The van der Waals surface area contributed by atoms with Crippen molar-refractivity contribution in [1.29, 1.82) is 0 Å². The van der Waals surface area contributed by atoms with Crippen LogP contribution >= 0.6 is 31.0 Å². The molecule has 4 heteroatoms. The third-order valence-electron chi connectivity index (χ3n) is 3.13. The average molecular weight is 434 g/mol. The Balaban J connectivity index is 1.76. The van der Waals surface area contributed by atoms with E-state index in [1.807, 2.05) is 60.7 Å². The molecular weight excluding hydrogens is 418 g/mol. The second-order valence-electron chi connectivity index (χ2n) is 4.93. The third kappa shape index (κ3) is 5.22. The Morgan fingerprint density at radius 1 is 0.652 bits per heavy atom. The maximum Gasteiger partial charge on any atom is 0.295 e. The molecule has 0 heterocycles. The Morgan fingerprint density at radius 2 is 1.13 bits per heavy atom. The lowest BCUT2D eigenvalue weighted by atomic mass is 10.2. The maximum absolute atomic E-state index is 6.09. The minimum atomic E-state index is -1.10. The molecule has 0 aliphatic heterocycles. The zero-order chi connectivity index (χ0) is 15.9. The predicted octanol–water partition coefficient (Wildman–Crippen LogP) is 6.26. The molecule has 0 saturated carbocycles. The van der Waals surface area contributed by atoms with Crippen LogP contribution < -0.4 is 9.05 Å². The summed E-state index contributed by atoms with van der Waals surface area (Å²) in [5.41, 5.74) is 1.21. The van der Waals surface area contributed by atoms with Gasteiger partial charge in [0, 0.05) is 3.57 Å². The molecule has 3 aromatic rings. The lowest BCUT2D eigenvalue weighted by Crippen LogP contribution is -1.99. The van der Waals surface area contributed by atoms with E-state index in [9.17, 15) is 0 Å². The van der Waals surface area contributed by atoms with Gasteiger partial charge in [-0.3, -0.25) is 0 Å². The van der Waals surface area contributed by atoms with Gasteiger partial charge in [0.05, 0.1) is 6.16 Å². The zero-order valence-corrected chi connectivity index (χ0v) is 15.5. The van der Waals surface area contributed by atoms with Gasteiger partial charge in [-0.2, -0.15) is 0 Å². The van der Waals surface area contributed by atoms with Crippen LogP contribution in [0.4, 0.5) is 0 Å². The summed E-state index contributed by atoms with van der Waals surface area (Å²) in [7, 11) is -1.10. The predicted molar refractivity (Wildman–Crippen MR) is 104 cm³/mol. The Kier molecular flexibility index (Phi) is 5.89. The molecule has 0 fully saturated rings. The maximum atomic E-state index is 6.09. The summed E-state index contributed by atoms with van der Waals surface area (Å²) >= 11 is 2.31. The molecule has 0 bridgehead atoms. The van der Waals surface area contributed by atoms with Gasteiger partial charge in [-0.05, 0) is 64.6 Å². The van der Waals surface area contributed by atoms with Crippen LogP contribution in [-0.2, 0) is 6.16 Å². The smallest absolute Gasteiger partial charge is 0.295 e. The molecule has 0 atom stereocenters. The summed E-state index contributed by atoms with van der Waals surface area (Å²) < 4.78 is 13.4. The number of rotatable bonds is 6. The van der Waals surface area contributed by atoms with Crippen LogP contribution in [0.15, 0.2) is 84.9 Å². The molecule has 0 saturated heterocycles. The molecule has 0 aromatic heterocycles. The number of hydrogen-bond donors (Lipinski definition) is 0. The number of halogens is 1. The van der Waals surface area contributed by atoms with Crippen molar-refractivity contribution in [2.45, 2.75) is 6.16 Å². The largest absolute Gasteiger partial charge is 0.438 e. The summed E-state index contributed by atoms with van der Waals surface area (Å²) in [6.07, 6.45) is 0.746. The van der Waals surface area contributed by atoms with E-state index in [1.165, 1.54) is 9.13 Å². The first-order chi connectivity index (χ1) is 11.3. The van der Waals surface area contributed by atoms with Crippen molar-refractivity contribution in [3.05, 3.63) is 94.1 Å². The van der Waals surface area contributed by atoms with Crippen LogP contribution in [0.3, 0.4) is 0 Å². The van der Waals surface area contributed by atoms with E-state index in [2.05, 4.69) is 46.9 Å². The highest BCUT2D eigenvalue weighted by atomic mass is 127. The van der Waals surface area contributed by atoms with Gasteiger partial charge in [0.15, 0.2) is 0 Å². The fourth-order valence-corrected chi connectivity index (χ4v) is 3.77. The van der Waals surface area contributed by atoms with Crippen molar-refractivity contribution in [1.82, 2.24) is 0 Å². The van der Waals surface area contributed by atoms with E-state index in [4.69, 9.17) is 9.05 Å². The Labute approximate surface area is 151 Å². The van der Waals surface area contributed by atoms with Crippen LogP contribution in [0.5, 0.6) is 11.5 Å². The SMILES string of the molecule is Ic1ccc(CP(Oc2ccccc2)Oc2ccccc2)cc1. The van der Waals surface area contributed by atoms with Gasteiger partial charge in [0.2, 0.25) is 0 Å². The minimum absolute atomic E-state index is 0.746.